The van der Waals surface area contributed by atoms with Crippen LogP contribution in [0.5, 0.6) is 0 Å². The Bertz CT molecular complexity index is 5430. The number of amides is 9. The molecule has 0 bridgehead atoms. The van der Waals surface area contributed by atoms with Crippen molar-refractivity contribution in [1.29, 1.82) is 10.5 Å². The minimum Gasteiger partial charge on any atom is -0.481 e. The molecule has 33 nitrogen and oxygen atoms in total. The molecule has 8 aliphatic heterocycles. The number of aliphatic carboxylic acids is 1. The van der Waals surface area contributed by atoms with Gasteiger partial charge in [-0.2, -0.15) is 10.5 Å². The molecule has 10 N–H and O–H groups in total. The molecule has 14 rings (SSSR count). The average molecular weight is 2080 g/mol. The van der Waals surface area contributed by atoms with Crippen LogP contribution in [0.1, 0.15) is 243 Å². The van der Waals surface area contributed by atoms with Gasteiger partial charge >= 0.3 is 30.3 Å². The van der Waals surface area contributed by atoms with Gasteiger partial charge in [0.2, 0.25) is 7.37 Å². The van der Waals surface area contributed by atoms with Gasteiger partial charge in [-0.3, -0.25) is 38.1 Å². The van der Waals surface area contributed by atoms with Gasteiger partial charge in [-0.25, -0.2) is 24.0 Å². The number of rotatable bonds is 14. The fraction of sp³-hybridized carbons (Fsp3) is 0.495. The monoisotopic (exact) mass is 2070 g/mol. The summed E-state index contributed by atoms with van der Waals surface area (Å²) in [7, 11) is -2.55. The van der Waals surface area contributed by atoms with Crippen molar-refractivity contribution >= 4 is 155 Å². The van der Waals surface area contributed by atoms with Gasteiger partial charge in [0.25, 0.3) is 35.5 Å². The predicted molar refractivity (Wildman–Crippen MR) is 554 cm³/mol. The van der Waals surface area contributed by atoms with E-state index in [4.69, 9.17) is 77.9 Å². The minimum absolute atomic E-state index is 0.0147. The summed E-state index contributed by atoms with van der Waals surface area (Å²) in [5, 5.41) is 51.2. The van der Waals surface area contributed by atoms with Crippen LogP contribution in [0, 0.1) is 40.4 Å². The van der Waals surface area contributed by atoms with Crippen molar-refractivity contribution in [3.63, 3.8) is 0 Å². The Hall–Kier alpha value is -11.2. The number of alkyl halides is 2. The van der Waals surface area contributed by atoms with Crippen LogP contribution < -0.4 is 37.6 Å². The molecule has 8 heterocycles. The van der Waals surface area contributed by atoms with Gasteiger partial charge in [0.1, 0.15) is 34.3 Å². The zero-order chi connectivity index (χ0) is 105. The predicted octanol–water partition coefficient (Wildman–Crippen LogP) is 20.8. The maximum atomic E-state index is 12.7. The number of hydrogen-bond acceptors (Lipinski definition) is 25. The molecule has 9 amide bonds. The second kappa shape index (κ2) is 59.2. The molecular weight excluding hydrogens is 1940 g/mol. The Kier molecular flexibility index (Phi) is 49.8. The zero-order valence-corrected chi connectivity index (χ0v) is 88.7. The maximum absolute atomic E-state index is 12.7. The van der Waals surface area contributed by atoms with Crippen molar-refractivity contribution in [1.82, 2.24) is 35.6 Å². The Morgan fingerprint density at radius 3 is 1.11 bits per heavy atom. The van der Waals surface area contributed by atoms with Crippen LogP contribution in [-0.4, -0.2) is 234 Å². The first-order chi connectivity index (χ1) is 67.0. The highest BCUT2D eigenvalue weighted by atomic mass is 35.5. The smallest absolute Gasteiger partial charge is 0.410 e. The number of benzene rings is 6. The number of ketones is 1. The van der Waals surface area contributed by atoms with E-state index in [1.807, 2.05) is 162 Å². The Balaban J connectivity index is 0.000000259. The van der Waals surface area contributed by atoms with Crippen LogP contribution in [-0.2, 0) is 37.6 Å². The fourth-order valence-electron chi connectivity index (χ4n) is 14.8. The third kappa shape index (κ3) is 44.0. The molecular formula is C103H138Cl2N13O20PS3. The third-order valence-corrected chi connectivity index (χ3v) is 26.8. The minimum atomic E-state index is -2.55. The van der Waals surface area contributed by atoms with E-state index in [1.54, 1.807) is 92.9 Å². The summed E-state index contributed by atoms with van der Waals surface area (Å²) in [6.45, 7) is 36.5. The van der Waals surface area contributed by atoms with E-state index >= 15 is 0 Å². The topological polar surface area (TPSA) is 467 Å². The van der Waals surface area contributed by atoms with Gasteiger partial charge in [0.15, 0.2) is 0 Å². The van der Waals surface area contributed by atoms with Crippen molar-refractivity contribution in [2.45, 2.75) is 232 Å². The fourth-order valence-corrected chi connectivity index (χ4v) is 18.7. The number of halogens is 2. The molecule has 0 spiro atoms. The number of likely N-dealkylation sites (tertiary alicyclic amines) is 4. The molecule has 0 aliphatic carbocycles. The molecule has 1 atom stereocenters. The van der Waals surface area contributed by atoms with E-state index in [9.17, 15) is 57.3 Å². The number of nitrogens with two attached hydrogens (primary N) is 1. The van der Waals surface area contributed by atoms with Gasteiger partial charge in [0, 0.05) is 138 Å². The van der Waals surface area contributed by atoms with Crippen LogP contribution in [0.15, 0.2) is 168 Å². The number of fused-ring (bicyclic) bond motifs is 6. The van der Waals surface area contributed by atoms with Crippen LogP contribution in [0.25, 0.3) is 0 Å². The Morgan fingerprint density at radius 2 is 0.796 bits per heavy atom. The summed E-state index contributed by atoms with van der Waals surface area (Å²) in [5.41, 5.74) is 9.86. The highest BCUT2D eigenvalue weighted by molar-refractivity contribution is 8.00. The highest BCUT2D eigenvalue weighted by Gasteiger charge is 2.33. The molecule has 5 fully saturated rings. The van der Waals surface area contributed by atoms with Gasteiger partial charge < -0.3 is 90.9 Å². The average Bonchev–Trinajstić information content (AvgIpc) is 1.72. The normalized spacial score (nSPS) is 15.8. The van der Waals surface area contributed by atoms with Crippen molar-refractivity contribution in [2.75, 3.05) is 126 Å². The molecule has 772 valence electrons. The number of allylic oxidation sites excluding steroid dienone is 1. The molecule has 8 aliphatic rings. The zero-order valence-electron chi connectivity index (χ0n) is 83.9. The van der Waals surface area contributed by atoms with Crippen molar-refractivity contribution < 1.29 is 95.8 Å². The van der Waals surface area contributed by atoms with Crippen LogP contribution in [0.2, 0.25) is 0 Å². The lowest BCUT2D eigenvalue weighted by Crippen LogP contribution is -2.42. The number of nitriles is 2. The lowest BCUT2D eigenvalue weighted by Gasteiger charge is -2.33. The number of ether oxygens (including phenoxy) is 4. The molecule has 6 aromatic carbocycles. The second-order valence-corrected chi connectivity index (χ2v) is 44.7. The number of aromatic carboxylic acids is 1. The van der Waals surface area contributed by atoms with Crippen molar-refractivity contribution in [3.8, 4) is 12.1 Å². The van der Waals surface area contributed by atoms with Crippen molar-refractivity contribution in [2.24, 2.45) is 23.5 Å². The van der Waals surface area contributed by atoms with Gasteiger partial charge in [0.05, 0.1) is 63.4 Å². The lowest BCUT2D eigenvalue weighted by atomic mass is 9.94. The number of carbonyl (C=O) groups excluding carboxylic acids is 10. The molecule has 0 radical (unpaired) electrons. The summed E-state index contributed by atoms with van der Waals surface area (Å²) in [6.07, 6.45) is 12.2. The van der Waals surface area contributed by atoms with Crippen molar-refractivity contribution in [3.05, 3.63) is 172 Å². The molecule has 5 saturated heterocycles. The largest absolute Gasteiger partial charge is 0.481 e. The highest BCUT2D eigenvalue weighted by Crippen LogP contribution is 2.44. The number of carboxylic acid groups (broad SMARTS) is 2. The van der Waals surface area contributed by atoms with Gasteiger partial charge in [-0.1, -0.05) is 77.3 Å². The van der Waals surface area contributed by atoms with Gasteiger partial charge in [-0.15, -0.1) is 23.2 Å². The number of nitrogens with zero attached hydrogens (tertiary/aromatic N) is 6. The number of carboxylic acids is 2. The first-order valence-corrected chi connectivity index (χ1v) is 53.1. The number of hydrogen-bond donors (Lipinski definition) is 9. The maximum Gasteiger partial charge on any atom is 0.410 e. The van der Waals surface area contributed by atoms with Gasteiger partial charge in [-0.05, 0) is 289 Å². The van der Waals surface area contributed by atoms with Crippen LogP contribution >= 0.6 is 65.9 Å². The van der Waals surface area contributed by atoms with Crippen LogP contribution in [0.3, 0.4) is 0 Å². The summed E-state index contributed by atoms with van der Waals surface area (Å²) in [5.74, 6) is -0.560. The van der Waals surface area contributed by atoms with Crippen LogP contribution in [0.4, 0.5) is 36.2 Å². The number of piperidine rings is 5. The first-order valence-electron chi connectivity index (χ1n) is 47.3. The molecule has 142 heavy (non-hydrogen) atoms. The quantitative estimate of drug-likeness (QED) is 0.0212. The SMILES string of the molecule is CC(=O)O.CC(C)(C)OC(=O)N1CCC(=CC#N)CC1.CC(C)(C)OC(=O)N1CCC(=O)CC1.CC(C)(C)OC(=O)N1CCC(CCN)CC1.CC(C)(C)OC(=O)N1CCC(CCNC(=O)c2ccc3c(c2)NC(=O)c2ccccc2S3)CC1.CCOP(C)(=O)CC#N.ClCCl.O=C(NCCC1CCNCC1)c1ccc2c(c1)NC(=O)c1ccccc1S2.O=C(O)c1ccc2c(c1)NC(=O)c1ccccc1S2. The number of carbonyl (C=O) groups is 12. The Morgan fingerprint density at radius 1 is 0.486 bits per heavy atom. The summed E-state index contributed by atoms with van der Waals surface area (Å²) < 4.78 is 37.0. The molecule has 0 saturated carbocycles. The van der Waals surface area contributed by atoms with E-state index < -0.39 is 41.7 Å². The molecule has 0 aromatic heterocycles. The van der Waals surface area contributed by atoms with E-state index in [2.05, 4.69) is 31.9 Å². The molecule has 1 unspecified atom stereocenters. The van der Waals surface area contributed by atoms with E-state index in [0.29, 0.717) is 134 Å². The van der Waals surface area contributed by atoms with E-state index in [0.717, 1.165) is 132 Å². The Labute approximate surface area is 856 Å². The summed E-state index contributed by atoms with van der Waals surface area (Å²) >= 11 is 14.0. The van der Waals surface area contributed by atoms with E-state index in [1.165, 1.54) is 55.2 Å². The standard InChI is InChI=1S/C26H31N3O4S.C21H23N3O2S.C14H9NO3S.C12H24N2O2.C12H18N2O2.C10H17NO3.C5H10NO2P.C2H4O2.CH2Cl2/c1-26(2,3)33-25(32)29-14-11-17(12-15-29)10-13-27-23(30)18-8-9-22-20(16-18)28-24(31)19-6-4-5-7-21(19)34-22;25-20(23-12-9-14-7-10-22-11-8-14)15-5-6-19-17(13-15)24-21(26)16-3-1-2-4-18(16)27-19;16-13-9-3-1-2-4-11(9)19-12-6-5-8(14(17)18)7-10(12)15-13;2*1-12(2,3)16-11(15)14-8-5-10(4-7-13)6-9-14;1-10(2,3)14-9(13)11-6-4-8(12)5-7-11;1-3-8-9(2,7)5-4-6;1-2(3)4;2-1-3/h4-9,16-17H,10-15H2,1-3H3,(H,27,30)(H,28,31);1-6,13-14,22H,7-12H2,(H,23,25)(H,24,26);1-7H,(H,15,16)(H,17,18);10H,4-9,13H2,1-3H3;4H,5-6,8-9H2,1-3H3;4-7H2,1-3H3;3,5H2,1-2H3;1H3,(H,3,4);1H2. The number of Topliss-reactive ketones (excluding diaryl/α,β-unsaturated/α-hetero) is 1. The molecule has 6 aromatic rings. The third-order valence-electron chi connectivity index (χ3n) is 21.8. The number of anilines is 3. The summed E-state index contributed by atoms with van der Waals surface area (Å²) in [4.78, 5) is 153. The summed E-state index contributed by atoms with van der Waals surface area (Å²) in [6, 6.07) is 41.8. The second-order valence-electron chi connectivity index (χ2n) is 38.0. The lowest BCUT2D eigenvalue weighted by molar-refractivity contribution is -0.134. The molecule has 39 heteroatoms. The first kappa shape index (κ1) is 120. The van der Waals surface area contributed by atoms with E-state index in [-0.39, 0.29) is 76.8 Å². The number of nitrogens with one attached hydrogen (secondary N) is 6.